The summed E-state index contributed by atoms with van der Waals surface area (Å²) in [6, 6.07) is 14.9. The number of nitrogens with zero attached hydrogens (tertiary/aromatic N) is 4. The smallest absolute Gasteiger partial charge is 0.295 e. The number of halogens is 1. The van der Waals surface area contributed by atoms with Crippen LogP contribution >= 0.6 is 11.3 Å². The first-order valence-corrected chi connectivity index (χ1v) is 11.9. The summed E-state index contributed by atoms with van der Waals surface area (Å²) in [6.45, 7) is 3.86. The number of thiophene rings is 1. The monoisotopic (exact) mass is 491 g/mol. The van der Waals surface area contributed by atoms with Crippen LogP contribution in [0.25, 0.3) is 16.4 Å². The van der Waals surface area contributed by atoms with E-state index in [-0.39, 0.29) is 11.7 Å². The minimum absolute atomic E-state index is 0.0676. The van der Waals surface area contributed by atoms with Crippen molar-refractivity contribution in [2.45, 2.75) is 6.92 Å². The highest BCUT2D eigenvalue weighted by Gasteiger charge is 2.23. The quantitative estimate of drug-likeness (QED) is 0.453. The van der Waals surface area contributed by atoms with Crippen molar-refractivity contribution in [1.82, 2.24) is 19.7 Å². The number of carbonyl (C=O) groups is 2. The Labute approximate surface area is 205 Å². The molecule has 5 rings (SSSR count). The van der Waals surface area contributed by atoms with Crippen LogP contribution in [0.15, 0.2) is 60.0 Å². The molecular weight excluding hydrogens is 469 g/mol. The summed E-state index contributed by atoms with van der Waals surface area (Å²) < 4.78 is 20.7. The minimum Gasteiger partial charge on any atom is -0.378 e. The summed E-state index contributed by atoms with van der Waals surface area (Å²) in [5.41, 5.74) is 2.12. The van der Waals surface area contributed by atoms with E-state index in [0.717, 1.165) is 4.88 Å². The van der Waals surface area contributed by atoms with E-state index in [1.54, 1.807) is 42.2 Å². The van der Waals surface area contributed by atoms with E-state index in [0.29, 0.717) is 54.6 Å². The Morgan fingerprint density at radius 1 is 1.09 bits per heavy atom. The highest BCUT2D eigenvalue weighted by molar-refractivity contribution is 7.13. The molecule has 0 saturated carbocycles. The third-order valence-corrected chi connectivity index (χ3v) is 6.58. The lowest BCUT2D eigenvalue weighted by atomic mass is 10.0. The number of hydrogen-bond acceptors (Lipinski definition) is 6. The first-order valence-electron chi connectivity index (χ1n) is 11.1. The SMILES string of the molecule is Cc1c(NC(=O)c2nc(-c3cccs3)n(-c3cccc(F)c3)n2)cccc1C(=O)N1CCOCC1. The van der Waals surface area contributed by atoms with E-state index >= 15 is 0 Å². The van der Waals surface area contributed by atoms with Gasteiger partial charge in [0.15, 0.2) is 5.82 Å². The molecule has 0 spiro atoms. The second kappa shape index (κ2) is 9.77. The number of hydrogen-bond donors (Lipinski definition) is 1. The zero-order valence-electron chi connectivity index (χ0n) is 18.9. The highest BCUT2D eigenvalue weighted by atomic mass is 32.1. The first-order chi connectivity index (χ1) is 17.0. The van der Waals surface area contributed by atoms with Gasteiger partial charge in [-0.05, 0) is 54.3 Å². The molecule has 0 unspecified atom stereocenters. The molecule has 2 aromatic heterocycles. The summed E-state index contributed by atoms with van der Waals surface area (Å²) in [7, 11) is 0. The predicted octanol–water partition coefficient (Wildman–Crippen LogP) is 4.17. The van der Waals surface area contributed by atoms with Gasteiger partial charge in [0.1, 0.15) is 5.82 Å². The molecule has 1 aliphatic rings. The molecule has 3 heterocycles. The molecule has 4 aromatic rings. The molecule has 2 aromatic carbocycles. The van der Waals surface area contributed by atoms with Crippen LogP contribution in [0.2, 0.25) is 0 Å². The summed E-state index contributed by atoms with van der Waals surface area (Å²) in [4.78, 5) is 33.1. The lowest BCUT2D eigenvalue weighted by molar-refractivity contribution is 0.0302. The van der Waals surface area contributed by atoms with E-state index in [9.17, 15) is 14.0 Å². The first kappa shape index (κ1) is 22.9. The summed E-state index contributed by atoms with van der Waals surface area (Å²) in [5, 5.41) is 9.10. The lowest BCUT2D eigenvalue weighted by Gasteiger charge is -2.27. The van der Waals surface area contributed by atoms with Crippen molar-refractivity contribution in [1.29, 1.82) is 0 Å². The number of nitrogens with one attached hydrogen (secondary N) is 1. The van der Waals surface area contributed by atoms with Crippen LogP contribution in [0.3, 0.4) is 0 Å². The van der Waals surface area contributed by atoms with Gasteiger partial charge in [-0.15, -0.1) is 16.4 Å². The molecule has 1 aliphatic heterocycles. The molecule has 2 amide bonds. The highest BCUT2D eigenvalue weighted by Crippen LogP contribution is 2.27. The molecule has 1 fully saturated rings. The summed E-state index contributed by atoms with van der Waals surface area (Å²) in [5.74, 6) is -0.684. The van der Waals surface area contributed by atoms with Crippen LogP contribution in [0, 0.1) is 12.7 Å². The average Bonchev–Trinajstić information content (AvgIpc) is 3.56. The lowest BCUT2D eigenvalue weighted by Crippen LogP contribution is -2.41. The molecule has 0 aliphatic carbocycles. The fourth-order valence-electron chi connectivity index (χ4n) is 3.88. The van der Waals surface area contributed by atoms with Crippen molar-refractivity contribution in [2.75, 3.05) is 31.6 Å². The Bertz CT molecular complexity index is 1380. The number of rotatable bonds is 5. The number of carbonyl (C=O) groups excluding carboxylic acids is 2. The number of ether oxygens (including phenoxy) is 1. The molecule has 8 nitrogen and oxygen atoms in total. The van der Waals surface area contributed by atoms with E-state index in [1.807, 2.05) is 17.5 Å². The van der Waals surface area contributed by atoms with Gasteiger partial charge in [0, 0.05) is 24.3 Å². The van der Waals surface area contributed by atoms with Gasteiger partial charge in [0.25, 0.3) is 11.8 Å². The Morgan fingerprint density at radius 2 is 1.89 bits per heavy atom. The topological polar surface area (TPSA) is 89.3 Å². The molecule has 0 atom stereocenters. The maximum Gasteiger partial charge on any atom is 0.295 e. The van der Waals surface area contributed by atoms with Crippen molar-refractivity contribution in [3.8, 4) is 16.4 Å². The fourth-order valence-corrected chi connectivity index (χ4v) is 4.58. The van der Waals surface area contributed by atoms with E-state index in [2.05, 4.69) is 15.4 Å². The van der Waals surface area contributed by atoms with Gasteiger partial charge in [-0.3, -0.25) is 9.59 Å². The second-order valence-electron chi connectivity index (χ2n) is 7.96. The fraction of sp³-hybridized carbons (Fsp3) is 0.200. The molecule has 178 valence electrons. The van der Waals surface area contributed by atoms with Gasteiger partial charge >= 0.3 is 0 Å². The number of anilines is 1. The van der Waals surface area contributed by atoms with Gasteiger partial charge in [-0.1, -0.05) is 18.2 Å². The van der Waals surface area contributed by atoms with Crippen molar-refractivity contribution in [3.63, 3.8) is 0 Å². The summed E-state index contributed by atoms with van der Waals surface area (Å²) in [6.07, 6.45) is 0. The molecule has 0 bridgehead atoms. The summed E-state index contributed by atoms with van der Waals surface area (Å²) >= 11 is 1.44. The number of aromatic nitrogens is 3. The van der Waals surface area contributed by atoms with Crippen LogP contribution < -0.4 is 5.32 Å². The predicted molar refractivity (Wildman–Crippen MR) is 130 cm³/mol. The number of benzene rings is 2. The average molecular weight is 492 g/mol. The molecule has 1 saturated heterocycles. The van der Waals surface area contributed by atoms with Gasteiger partial charge in [0.2, 0.25) is 5.82 Å². The van der Waals surface area contributed by atoms with E-state index in [4.69, 9.17) is 4.74 Å². The zero-order chi connectivity index (χ0) is 24.4. The van der Waals surface area contributed by atoms with Crippen molar-refractivity contribution < 1.29 is 18.7 Å². The third-order valence-electron chi connectivity index (χ3n) is 5.72. The Kier molecular flexibility index (Phi) is 6.39. The maximum atomic E-state index is 13.9. The van der Waals surface area contributed by atoms with Crippen molar-refractivity contribution in [3.05, 3.63) is 82.7 Å². The van der Waals surface area contributed by atoms with E-state index in [1.165, 1.54) is 28.2 Å². The van der Waals surface area contributed by atoms with Gasteiger partial charge in [-0.2, -0.15) is 0 Å². The molecule has 0 radical (unpaired) electrons. The molecule has 35 heavy (non-hydrogen) atoms. The maximum absolute atomic E-state index is 13.9. The molecule has 1 N–H and O–H groups in total. The van der Waals surface area contributed by atoms with Crippen LogP contribution in [0.1, 0.15) is 26.5 Å². The van der Waals surface area contributed by atoms with Gasteiger partial charge in [-0.25, -0.2) is 14.1 Å². The molecular formula is C25H22FN5O3S. The molecule has 10 heteroatoms. The van der Waals surface area contributed by atoms with Crippen LogP contribution in [0.5, 0.6) is 0 Å². The van der Waals surface area contributed by atoms with Crippen molar-refractivity contribution >= 4 is 28.8 Å². The normalized spacial score (nSPS) is 13.6. The van der Waals surface area contributed by atoms with Gasteiger partial charge in [0.05, 0.1) is 23.8 Å². The second-order valence-corrected chi connectivity index (χ2v) is 8.91. The standard InChI is InChI=1S/C25H22FN5O3S/c1-16-19(25(33)30-10-12-34-13-11-30)7-3-8-20(16)27-24(32)22-28-23(21-9-4-14-35-21)31(29-22)18-6-2-5-17(26)15-18/h2-9,14-15H,10-13H2,1H3,(H,27,32). The largest absolute Gasteiger partial charge is 0.378 e. The number of morpholine rings is 1. The third kappa shape index (κ3) is 4.71. The number of amides is 2. The Hall–Kier alpha value is -3.89. The minimum atomic E-state index is -0.531. The van der Waals surface area contributed by atoms with Crippen molar-refractivity contribution in [2.24, 2.45) is 0 Å². The zero-order valence-corrected chi connectivity index (χ0v) is 19.7. The van der Waals surface area contributed by atoms with Crippen LogP contribution in [0.4, 0.5) is 10.1 Å². The van der Waals surface area contributed by atoms with E-state index < -0.39 is 11.7 Å². The Balaban J connectivity index is 1.45. The van der Waals surface area contributed by atoms with Gasteiger partial charge < -0.3 is 15.0 Å². The van der Waals surface area contributed by atoms with Crippen LogP contribution in [-0.4, -0.2) is 57.8 Å². The van der Waals surface area contributed by atoms with Crippen LogP contribution in [-0.2, 0) is 4.74 Å². The Morgan fingerprint density at radius 3 is 2.63 bits per heavy atom.